The molecule has 0 fully saturated rings. The summed E-state index contributed by atoms with van der Waals surface area (Å²) in [6.07, 6.45) is 3.24. The number of aliphatic hydroxyl groups is 1. The highest BCUT2D eigenvalue weighted by atomic mass is 79.9. The lowest BCUT2D eigenvalue weighted by atomic mass is 10.2. The Morgan fingerprint density at radius 2 is 2.18 bits per heavy atom. The summed E-state index contributed by atoms with van der Waals surface area (Å²) in [6.45, 7) is -0.128. The number of para-hydroxylation sites is 1. The van der Waals surface area contributed by atoms with Crippen molar-refractivity contribution in [2.24, 2.45) is 0 Å². The summed E-state index contributed by atoms with van der Waals surface area (Å²) < 4.78 is 6.44. The number of aliphatic hydroxyl groups excluding tert-OH is 1. The van der Waals surface area contributed by atoms with E-state index in [1.54, 1.807) is 36.7 Å². The predicted molar refractivity (Wildman–Crippen MR) is 69.4 cm³/mol. The van der Waals surface area contributed by atoms with Gasteiger partial charge in [0.15, 0.2) is 5.75 Å². The van der Waals surface area contributed by atoms with Crippen molar-refractivity contribution in [3.63, 3.8) is 0 Å². The van der Waals surface area contributed by atoms with Gasteiger partial charge in [-0.2, -0.15) is 0 Å². The van der Waals surface area contributed by atoms with Crippen molar-refractivity contribution < 1.29 is 9.84 Å². The molecule has 1 N–H and O–H groups in total. The molecular weight excluding hydrogens is 305 g/mol. The maximum Gasteiger partial charge on any atom is 0.151 e. The highest BCUT2D eigenvalue weighted by Gasteiger charge is 2.09. The van der Waals surface area contributed by atoms with Crippen molar-refractivity contribution >= 4 is 27.5 Å². The Balaban J connectivity index is 2.35. The van der Waals surface area contributed by atoms with E-state index in [2.05, 4.69) is 20.9 Å². The van der Waals surface area contributed by atoms with E-state index in [4.69, 9.17) is 16.3 Å². The van der Waals surface area contributed by atoms with Gasteiger partial charge in [-0.25, -0.2) is 0 Å². The number of benzene rings is 1. The quantitative estimate of drug-likeness (QED) is 0.937. The molecule has 0 unspecified atom stereocenters. The lowest BCUT2D eigenvalue weighted by molar-refractivity contribution is 0.276. The van der Waals surface area contributed by atoms with Crippen LogP contribution in [0.15, 0.2) is 41.1 Å². The predicted octanol–water partition coefficient (Wildman–Crippen LogP) is 3.78. The molecule has 3 nitrogen and oxygen atoms in total. The molecule has 0 spiro atoms. The van der Waals surface area contributed by atoms with Gasteiger partial charge in [-0.3, -0.25) is 4.98 Å². The Hall–Kier alpha value is -1.10. The summed E-state index contributed by atoms with van der Waals surface area (Å²) >= 11 is 9.33. The van der Waals surface area contributed by atoms with Gasteiger partial charge in [0.05, 0.1) is 17.8 Å². The topological polar surface area (TPSA) is 42.4 Å². The lowest BCUT2D eigenvalue weighted by Crippen LogP contribution is -1.93. The molecule has 5 heteroatoms. The molecule has 0 aliphatic rings. The van der Waals surface area contributed by atoms with E-state index >= 15 is 0 Å². The van der Waals surface area contributed by atoms with E-state index in [0.29, 0.717) is 22.1 Å². The third-order valence-electron chi connectivity index (χ3n) is 2.12. The van der Waals surface area contributed by atoms with Crippen molar-refractivity contribution in [1.29, 1.82) is 0 Å². The van der Waals surface area contributed by atoms with Crippen LogP contribution in [0.5, 0.6) is 11.5 Å². The van der Waals surface area contributed by atoms with Gasteiger partial charge in [-0.05, 0) is 28.1 Å². The molecule has 1 aromatic carbocycles. The minimum Gasteiger partial charge on any atom is -0.454 e. The van der Waals surface area contributed by atoms with E-state index in [9.17, 15) is 5.11 Å². The number of nitrogens with zero attached hydrogens (tertiary/aromatic N) is 1. The maximum absolute atomic E-state index is 9.21. The fourth-order valence-corrected chi connectivity index (χ4v) is 1.93. The first-order valence-corrected chi connectivity index (χ1v) is 6.04. The summed E-state index contributed by atoms with van der Waals surface area (Å²) in [5, 5.41) is 9.67. The van der Waals surface area contributed by atoms with E-state index in [1.165, 1.54) is 0 Å². The molecule has 0 aliphatic carbocycles. The summed E-state index contributed by atoms with van der Waals surface area (Å²) in [5.41, 5.74) is 0.637. The zero-order valence-electron chi connectivity index (χ0n) is 8.73. The van der Waals surface area contributed by atoms with Gasteiger partial charge in [-0.15, -0.1) is 0 Å². The van der Waals surface area contributed by atoms with Crippen LogP contribution < -0.4 is 4.74 Å². The SMILES string of the molecule is OCc1cccc(Cl)c1Oc1cncc(Br)c1. The Morgan fingerprint density at radius 3 is 2.88 bits per heavy atom. The van der Waals surface area contributed by atoms with Crippen molar-refractivity contribution in [2.45, 2.75) is 6.61 Å². The van der Waals surface area contributed by atoms with Gasteiger partial charge in [0, 0.05) is 16.2 Å². The number of halogens is 2. The first-order chi connectivity index (χ1) is 8.20. The van der Waals surface area contributed by atoms with Crippen LogP contribution >= 0.6 is 27.5 Å². The van der Waals surface area contributed by atoms with Gasteiger partial charge in [0.2, 0.25) is 0 Å². The Kier molecular flexibility index (Phi) is 3.99. The van der Waals surface area contributed by atoms with Crippen LogP contribution in [-0.2, 0) is 6.61 Å². The second kappa shape index (κ2) is 5.49. The molecule has 0 bridgehead atoms. The van der Waals surface area contributed by atoms with Gasteiger partial charge in [0.1, 0.15) is 5.75 Å². The van der Waals surface area contributed by atoms with Crippen LogP contribution in [0.25, 0.3) is 0 Å². The molecule has 0 radical (unpaired) electrons. The second-order valence-electron chi connectivity index (χ2n) is 3.33. The van der Waals surface area contributed by atoms with Crippen molar-refractivity contribution in [3.8, 4) is 11.5 Å². The number of aromatic nitrogens is 1. The molecule has 0 atom stereocenters. The van der Waals surface area contributed by atoms with Crippen LogP contribution in [0.3, 0.4) is 0 Å². The number of hydrogen-bond donors (Lipinski definition) is 1. The number of ether oxygens (including phenoxy) is 1. The van der Waals surface area contributed by atoms with Crippen LogP contribution in [0, 0.1) is 0 Å². The van der Waals surface area contributed by atoms with Crippen molar-refractivity contribution in [2.75, 3.05) is 0 Å². The standard InChI is InChI=1S/C12H9BrClNO2/c13-9-4-10(6-15-5-9)17-12-8(7-16)2-1-3-11(12)14/h1-6,16H,7H2. The second-order valence-corrected chi connectivity index (χ2v) is 4.65. The number of rotatable bonds is 3. The minimum absolute atomic E-state index is 0.128. The number of pyridine rings is 1. The average Bonchev–Trinajstić information content (AvgIpc) is 2.32. The summed E-state index contributed by atoms with van der Waals surface area (Å²) in [7, 11) is 0. The molecule has 0 aliphatic heterocycles. The number of hydrogen-bond acceptors (Lipinski definition) is 3. The van der Waals surface area contributed by atoms with Gasteiger partial charge in [0.25, 0.3) is 0 Å². The molecule has 17 heavy (non-hydrogen) atoms. The highest BCUT2D eigenvalue weighted by Crippen LogP contribution is 2.33. The molecule has 0 saturated heterocycles. The van der Waals surface area contributed by atoms with E-state index in [1.807, 2.05) is 0 Å². The molecule has 2 rings (SSSR count). The molecule has 1 heterocycles. The third-order valence-corrected chi connectivity index (χ3v) is 2.85. The third kappa shape index (κ3) is 2.97. The normalized spacial score (nSPS) is 10.3. The van der Waals surface area contributed by atoms with Crippen LogP contribution in [0.1, 0.15) is 5.56 Å². The Bertz CT molecular complexity index is 534. The summed E-state index contributed by atoms with van der Waals surface area (Å²) in [4.78, 5) is 3.99. The zero-order chi connectivity index (χ0) is 12.3. The molecule has 0 saturated carbocycles. The maximum atomic E-state index is 9.21. The van der Waals surface area contributed by atoms with E-state index in [0.717, 1.165) is 4.47 Å². The molecular formula is C12H9BrClNO2. The minimum atomic E-state index is -0.128. The first kappa shape index (κ1) is 12.4. The van der Waals surface area contributed by atoms with Gasteiger partial charge in [-0.1, -0.05) is 23.7 Å². The fourth-order valence-electron chi connectivity index (χ4n) is 1.36. The van der Waals surface area contributed by atoms with Crippen LogP contribution in [0.4, 0.5) is 0 Å². The Labute approximate surface area is 112 Å². The molecule has 2 aromatic rings. The Morgan fingerprint density at radius 1 is 1.35 bits per heavy atom. The van der Waals surface area contributed by atoms with Gasteiger partial charge < -0.3 is 9.84 Å². The smallest absolute Gasteiger partial charge is 0.151 e. The van der Waals surface area contributed by atoms with Gasteiger partial charge >= 0.3 is 0 Å². The molecule has 0 amide bonds. The van der Waals surface area contributed by atoms with Crippen molar-refractivity contribution in [1.82, 2.24) is 4.98 Å². The zero-order valence-corrected chi connectivity index (χ0v) is 11.1. The van der Waals surface area contributed by atoms with E-state index < -0.39 is 0 Å². The van der Waals surface area contributed by atoms with Crippen LogP contribution in [-0.4, -0.2) is 10.1 Å². The van der Waals surface area contributed by atoms with Crippen molar-refractivity contribution in [3.05, 3.63) is 51.7 Å². The largest absolute Gasteiger partial charge is 0.454 e. The lowest BCUT2D eigenvalue weighted by Gasteiger charge is -2.11. The average molecular weight is 315 g/mol. The van der Waals surface area contributed by atoms with Crippen LogP contribution in [0.2, 0.25) is 5.02 Å². The molecule has 88 valence electrons. The van der Waals surface area contributed by atoms with E-state index in [-0.39, 0.29) is 6.61 Å². The first-order valence-electron chi connectivity index (χ1n) is 4.87. The highest BCUT2D eigenvalue weighted by molar-refractivity contribution is 9.10. The summed E-state index contributed by atoms with van der Waals surface area (Å²) in [6, 6.07) is 7.01. The fraction of sp³-hybridized carbons (Fsp3) is 0.0833. The summed E-state index contributed by atoms with van der Waals surface area (Å²) in [5.74, 6) is 1.01. The monoisotopic (exact) mass is 313 g/mol. The molecule has 1 aromatic heterocycles.